The molecule has 2 aromatic carbocycles. The molecule has 0 spiro atoms. The number of methoxy groups -OCH3 is 1. The van der Waals surface area contributed by atoms with Gasteiger partial charge in [0.25, 0.3) is 0 Å². The van der Waals surface area contributed by atoms with Crippen molar-refractivity contribution >= 4 is 41.1 Å². The minimum absolute atomic E-state index is 0.0982. The number of halogens is 2. The van der Waals surface area contributed by atoms with Crippen molar-refractivity contribution in [2.45, 2.75) is 23.9 Å². The lowest BCUT2D eigenvalue weighted by Crippen LogP contribution is -2.49. The first-order chi connectivity index (χ1) is 12.9. The summed E-state index contributed by atoms with van der Waals surface area (Å²) in [5.74, 6) is -0.678. The van der Waals surface area contributed by atoms with E-state index in [4.69, 9.17) is 33.7 Å². The van der Waals surface area contributed by atoms with Gasteiger partial charge in [-0.3, -0.25) is 4.79 Å². The van der Waals surface area contributed by atoms with Gasteiger partial charge in [0.2, 0.25) is 5.91 Å². The number of aldehydes is 1. The molecule has 27 heavy (non-hydrogen) atoms. The third-order valence-electron chi connectivity index (χ3n) is 5.19. The number of nitrogens with one attached hydrogen (secondary N) is 1. The molecular weight excluding hydrogens is 387 g/mol. The SMILES string of the molecule is CO[C@@H]1CNC(=O)C[C@H](c2cccc(Cl)c2)[C@]1(C=O)c1ccc(Cl)cc1N. The van der Waals surface area contributed by atoms with Crippen LogP contribution in [0.2, 0.25) is 10.0 Å². The molecule has 7 heteroatoms. The maximum atomic E-state index is 12.7. The second-order valence-electron chi connectivity index (χ2n) is 6.62. The minimum Gasteiger partial charge on any atom is -0.398 e. The van der Waals surface area contributed by atoms with Gasteiger partial charge in [0.1, 0.15) is 6.29 Å². The van der Waals surface area contributed by atoms with Crippen LogP contribution in [-0.2, 0) is 19.7 Å². The first-order valence-corrected chi connectivity index (χ1v) is 9.24. The van der Waals surface area contributed by atoms with E-state index in [1.54, 1.807) is 36.4 Å². The molecular formula is C20H20Cl2N2O3. The van der Waals surface area contributed by atoms with E-state index in [1.807, 2.05) is 6.07 Å². The third kappa shape index (κ3) is 3.55. The van der Waals surface area contributed by atoms with Crippen molar-refractivity contribution in [2.75, 3.05) is 19.4 Å². The van der Waals surface area contributed by atoms with Gasteiger partial charge in [0, 0.05) is 41.7 Å². The van der Waals surface area contributed by atoms with Crippen molar-refractivity contribution in [3.63, 3.8) is 0 Å². The number of benzene rings is 2. The molecule has 2 aromatic rings. The number of nitrogen functional groups attached to an aromatic ring is 1. The summed E-state index contributed by atoms with van der Waals surface area (Å²) in [5, 5.41) is 3.82. The number of anilines is 1. The molecule has 142 valence electrons. The largest absolute Gasteiger partial charge is 0.398 e. The van der Waals surface area contributed by atoms with E-state index in [-0.39, 0.29) is 18.9 Å². The summed E-state index contributed by atoms with van der Waals surface area (Å²) in [5.41, 5.74) is 6.79. The van der Waals surface area contributed by atoms with Crippen LogP contribution in [-0.4, -0.2) is 32.0 Å². The minimum atomic E-state index is -1.19. The zero-order chi connectivity index (χ0) is 19.6. The van der Waals surface area contributed by atoms with Crippen molar-refractivity contribution in [3.05, 3.63) is 63.6 Å². The lowest BCUT2D eigenvalue weighted by molar-refractivity contribution is -0.121. The molecule has 3 rings (SSSR count). The van der Waals surface area contributed by atoms with Gasteiger partial charge < -0.3 is 20.6 Å². The quantitative estimate of drug-likeness (QED) is 0.602. The first-order valence-electron chi connectivity index (χ1n) is 8.49. The standard InChI is InChI=1S/C20H20Cl2N2O3/c1-27-18-10-24-19(26)9-16(12-3-2-4-13(21)7-12)20(18,11-25)15-6-5-14(22)8-17(15)23/h2-8,11,16,18H,9-10,23H2,1H3,(H,24,26)/t16-,18-,20+/m1/s1. The van der Waals surface area contributed by atoms with Crippen LogP contribution < -0.4 is 11.1 Å². The second-order valence-corrected chi connectivity index (χ2v) is 7.50. The van der Waals surface area contributed by atoms with E-state index in [1.165, 1.54) is 7.11 Å². The van der Waals surface area contributed by atoms with Crippen LogP contribution in [0.25, 0.3) is 0 Å². The van der Waals surface area contributed by atoms with E-state index in [0.29, 0.717) is 21.3 Å². The number of hydrogen-bond acceptors (Lipinski definition) is 4. The van der Waals surface area contributed by atoms with Gasteiger partial charge in [-0.2, -0.15) is 0 Å². The number of hydrogen-bond donors (Lipinski definition) is 2. The van der Waals surface area contributed by atoms with Gasteiger partial charge in [-0.1, -0.05) is 41.4 Å². The molecule has 0 bridgehead atoms. The number of rotatable bonds is 4. The zero-order valence-electron chi connectivity index (χ0n) is 14.7. The van der Waals surface area contributed by atoms with E-state index in [0.717, 1.165) is 11.8 Å². The van der Waals surface area contributed by atoms with Crippen LogP contribution in [0.5, 0.6) is 0 Å². The van der Waals surface area contributed by atoms with Crippen molar-refractivity contribution in [3.8, 4) is 0 Å². The van der Waals surface area contributed by atoms with Crippen molar-refractivity contribution in [1.82, 2.24) is 5.32 Å². The summed E-state index contributed by atoms with van der Waals surface area (Å²) >= 11 is 12.2. The summed E-state index contributed by atoms with van der Waals surface area (Å²) in [4.78, 5) is 25.1. The number of carbonyl (C=O) groups excluding carboxylic acids is 2. The van der Waals surface area contributed by atoms with Crippen LogP contribution in [0.15, 0.2) is 42.5 Å². The summed E-state index contributed by atoms with van der Waals surface area (Å²) in [7, 11) is 1.52. The zero-order valence-corrected chi connectivity index (χ0v) is 16.3. The van der Waals surface area contributed by atoms with Crippen molar-refractivity contribution < 1.29 is 14.3 Å². The van der Waals surface area contributed by atoms with Crippen LogP contribution >= 0.6 is 23.2 Å². The van der Waals surface area contributed by atoms with Crippen LogP contribution in [0.3, 0.4) is 0 Å². The third-order valence-corrected chi connectivity index (χ3v) is 5.66. The molecule has 1 amide bonds. The number of nitrogens with two attached hydrogens (primary N) is 1. The van der Waals surface area contributed by atoms with Gasteiger partial charge >= 0.3 is 0 Å². The van der Waals surface area contributed by atoms with E-state index in [2.05, 4.69) is 5.32 Å². The Hall–Kier alpha value is -2.08. The highest BCUT2D eigenvalue weighted by atomic mass is 35.5. The van der Waals surface area contributed by atoms with E-state index >= 15 is 0 Å². The summed E-state index contributed by atoms with van der Waals surface area (Å²) < 4.78 is 5.68. The van der Waals surface area contributed by atoms with E-state index < -0.39 is 17.4 Å². The Labute approximate surface area is 167 Å². The Morgan fingerprint density at radius 2 is 1.96 bits per heavy atom. The number of amides is 1. The fourth-order valence-electron chi connectivity index (χ4n) is 3.93. The van der Waals surface area contributed by atoms with Gasteiger partial charge in [0.15, 0.2) is 0 Å². The Bertz CT molecular complexity index is 874. The predicted octanol–water partition coefficient (Wildman–Crippen LogP) is 3.33. The average molecular weight is 407 g/mol. The first kappa shape index (κ1) is 19.7. The van der Waals surface area contributed by atoms with Gasteiger partial charge in [0.05, 0.1) is 11.5 Å². The Morgan fingerprint density at radius 3 is 2.59 bits per heavy atom. The van der Waals surface area contributed by atoms with Gasteiger partial charge in [-0.05, 0) is 35.4 Å². The molecule has 1 heterocycles. The monoisotopic (exact) mass is 406 g/mol. The second kappa shape index (κ2) is 7.89. The average Bonchev–Trinajstić information content (AvgIpc) is 2.78. The Kier molecular flexibility index (Phi) is 5.75. The summed E-state index contributed by atoms with van der Waals surface area (Å²) in [6.07, 6.45) is 0.321. The highest BCUT2D eigenvalue weighted by molar-refractivity contribution is 6.31. The normalized spacial score (nSPS) is 25.5. The number of ether oxygens (including phenoxy) is 1. The molecule has 1 saturated heterocycles. The van der Waals surface area contributed by atoms with Crippen LogP contribution in [0, 0.1) is 0 Å². The van der Waals surface area contributed by atoms with Gasteiger partial charge in [-0.15, -0.1) is 0 Å². The lowest BCUT2D eigenvalue weighted by Gasteiger charge is -2.40. The van der Waals surface area contributed by atoms with E-state index in [9.17, 15) is 9.59 Å². The Morgan fingerprint density at radius 1 is 1.22 bits per heavy atom. The highest BCUT2D eigenvalue weighted by Gasteiger charge is 2.51. The Balaban J connectivity index is 2.30. The highest BCUT2D eigenvalue weighted by Crippen LogP contribution is 2.47. The molecule has 1 aliphatic rings. The lowest BCUT2D eigenvalue weighted by atomic mass is 9.64. The molecule has 5 nitrogen and oxygen atoms in total. The predicted molar refractivity (Wildman–Crippen MR) is 106 cm³/mol. The summed E-state index contributed by atoms with van der Waals surface area (Å²) in [6, 6.07) is 12.2. The fraction of sp³-hybridized carbons (Fsp3) is 0.300. The molecule has 0 saturated carbocycles. The smallest absolute Gasteiger partial charge is 0.220 e. The van der Waals surface area contributed by atoms with Crippen molar-refractivity contribution in [2.24, 2.45) is 0 Å². The number of carbonyl (C=O) groups is 2. The fourth-order valence-corrected chi connectivity index (χ4v) is 4.31. The summed E-state index contributed by atoms with van der Waals surface area (Å²) in [6.45, 7) is 0.188. The van der Waals surface area contributed by atoms with Crippen LogP contribution in [0.1, 0.15) is 23.5 Å². The van der Waals surface area contributed by atoms with Crippen LogP contribution in [0.4, 0.5) is 5.69 Å². The maximum absolute atomic E-state index is 12.7. The molecule has 0 unspecified atom stereocenters. The molecule has 3 N–H and O–H groups in total. The molecule has 1 aliphatic heterocycles. The molecule has 0 aromatic heterocycles. The molecule has 0 radical (unpaired) electrons. The molecule has 3 atom stereocenters. The van der Waals surface area contributed by atoms with Gasteiger partial charge in [-0.25, -0.2) is 0 Å². The maximum Gasteiger partial charge on any atom is 0.220 e. The topological polar surface area (TPSA) is 81.4 Å². The molecule has 0 aliphatic carbocycles. The molecule has 1 fully saturated rings. The van der Waals surface area contributed by atoms with Crippen molar-refractivity contribution in [1.29, 1.82) is 0 Å².